The highest BCUT2D eigenvalue weighted by Gasteiger charge is 2.13. The highest BCUT2D eigenvalue weighted by atomic mass is 16.5. The topological polar surface area (TPSA) is 77.2 Å². The summed E-state index contributed by atoms with van der Waals surface area (Å²) in [5, 5.41) is 11.2. The summed E-state index contributed by atoms with van der Waals surface area (Å²) in [6, 6.07) is 22.2. The number of anilines is 1. The first kappa shape index (κ1) is 19.4. The van der Waals surface area contributed by atoms with Gasteiger partial charge in [0.1, 0.15) is 5.75 Å². The van der Waals surface area contributed by atoms with E-state index in [2.05, 4.69) is 15.5 Å². The molecule has 0 spiro atoms. The molecule has 4 rings (SSSR count). The van der Waals surface area contributed by atoms with Crippen molar-refractivity contribution in [1.29, 1.82) is 0 Å². The number of aryl methyl sites for hydroxylation is 1. The van der Waals surface area contributed by atoms with Gasteiger partial charge in [0.15, 0.2) is 0 Å². The first-order chi connectivity index (χ1) is 14.6. The number of rotatable bonds is 6. The molecule has 30 heavy (non-hydrogen) atoms. The first-order valence-corrected chi connectivity index (χ1v) is 9.68. The maximum absolute atomic E-state index is 12.6. The van der Waals surface area contributed by atoms with Crippen molar-refractivity contribution in [3.05, 3.63) is 83.9 Å². The van der Waals surface area contributed by atoms with Gasteiger partial charge >= 0.3 is 0 Å². The third kappa shape index (κ3) is 4.22. The second-order valence-corrected chi connectivity index (χ2v) is 6.72. The Morgan fingerprint density at radius 3 is 2.50 bits per heavy atom. The van der Waals surface area contributed by atoms with Crippen LogP contribution in [0, 0.1) is 6.92 Å². The van der Waals surface area contributed by atoms with Crippen molar-refractivity contribution in [3.8, 4) is 28.7 Å². The van der Waals surface area contributed by atoms with Gasteiger partial charge in [0.05, 0.1) is 6.61 Å². The van der Waals surface area contributed by atoms with Crippen molar-refractivity contribution in [2.24, 2.45) is 0 Å². The Bertz CT molecular complexity index is 1170. The van der Waals surface area contributed by atoms with Gasteiger partial charge in [0, 0.05) is 22.4 Å². The molecule has 6 nitrogen and oxygen atoms in total. The minimum atomic E-state index is -0.207. The zero-order valence-corrected chi connectivity index (χ0v) is 16.8. The smallest absolute Gasteiger partial charge is 0.255 e. The van der Waals surface area contributed by atoms with Gasteiger partial charge < -0.3 is 14.5 Å². The van der Waals surface area contributed by atoms with E-state index in [4.69, 9.17) is 9.15 Å². The number of aromatic nitrogens is 2. The van der Waals surface area contributed by atoms with Crippen LogP contribution >= 0.6 is 0 Å². The maximum atomic E-state index is 12.6. The Labute approximate surface area is 174 Å². The van der Waals surface area contributed by atoms with Crippen molar-refractivity contribution in [3.63, 3.8) is 0 Å². The molecular weight excluding hydrogens is 378 g/mol. The lowest BCUT2D eigenvalue weighted by atomic mass is 10.1. The van der Waals surface area contributed by atoms with Gasteiger partial charge in [-0.15, -0.1) is 10.2 Å². The molecule has 0 unspecified atom stereocenters. The maximum Gasteiger partial charge on any atom is 0.255 e. The van der Waals surface area contributed by atoms with Crippen LogP contribution in [0.4, 0.5) is 5.69 Å². The summed E-state index contributed by atoms with van der Waals surface area (Å²) < 4.78 is 11.3. The van der Waals surface area contributed by atoms with Crippen LogP contribution in [0.1, 0.15) is 22.8 Å². The molecule has 0 aliphatic carbocycles. The Balaban J connectivity index is 1.52. The van der Waals surface area contributed by atoms with Crippen molar-refractivity contribution in [2.45, 2.75) is 13.8 Å². The molecule has 1 N–H and O–H groups in total. The second kappa shape index (κ2) is 8.61. The molecule has 4 aromatic rings. The van der Waals surface area contributed by atoms with Crippen molar-refractivity contribution in [2.75, 3.05) is 11.9 Å². The molecule has 6 heteroatoms. The molecule has 3 aromatic carbocycles. The fourth-order valence-electron chi connectivity index (χ4n) is 3.06. The van der Waals surface area contributed by atoms with Gasteiger partial charge in [-0.1, -0.05) is 24.3 Å². The van der Waals surface area contributed by atoms with E-state index in [0.717, 1.165) is 22.4 Å². The summed E-state index contributed by atoms with van der Waals surface area (Å²) in [6.07, 6.45) is 0. The van der Waals surface area contributed by atoms with Gasteiger partial charge in [-0.3, -0.25) is 4.79 Å². The first-order valence-electron chi connectivity index (χ1n) is 9.68. The fraction of sp³-hybridized carbons (Fsp3) is 0.125. The highest BCUT2D eigenvalue weighted by Crippen LogP contribution is 2.27. The molecule has 1 amide bonds. The number of nitrogens with zero attached hydrogens (tertiary/aromatic N) is 2. The number of carbonyl (C=O) groups excluding carboxylic acids is 1. The standard InChI is InChI=1S/C24H21N3O3/c1-3-29-20-13-11-17(12-14-20)22(28)25-19-9-6-8-18(15-19)23-26-27-24(30-23)21-10-5-4-7-16(21)2/h4-15H,3H2,1-2H3,(H,25,28). The number of carbonyl (C=O) groups is 1. The average molecular weight is 399 g/mol. The molecule has 0 bridgehead atoms. The minimum Gasteiger partial charge on any atom is -0.494 e. The minimum absolute atomic E-state index is 0.207. The van der Waals surface area contributed by atoms with Crippen molar-refractivity contribution < 1.29 is 13.9 Å². The lowest BCUT2D eigenvalue weighted by Crippen LogP contribution is -2.11. The zero-order valence-electron chi connectivity index (χ0n) is 16.8. The van der Waals surface area contributed by atoms with Crippen LogP contribution in [0.3, 0.4) is 0 Å². The third-order valence-electron chi connectivity index (χ3n) is 4.60. The SMILES string of the molecule is CCOc1ccc(C(=O)Nc2cccc(-c3nnc(-c4ccccc4C)o3)c2)cc1. The number of hydrogen-bond acceptors (Lipinski definition) is 5. The van der Waals surface area contributed by atoms with Gasteiger partial charge in [0.2, 0.25) is 11.8 Å². The quantitative estimate of drug-likeness (QED) is 0.472. The predicted octanol–water partition coefficient (Wildman–Crippen LogP) is 5.36. The summed E-state index contributed by atoms with van der Waals surface area (Å²) in [5.41, 5.74) is 3.87. The number of benzene rings is 3. The summed E-state index contributed by atoms with van der Waals surface area (Å²) in [6.45, 7) is 4.50. The van der Waals surface area contributed by atoms with Crippen molar-refractivity contribution in [1.82, 2.24) is 10.2 Å². The van der Waals surface area contributed by atoms with E-state index in [1.165, 1.54) is 0 Å². The Morgan fingerprint density at radius 2 is 1.73 bits per heavy atom. The molecule has 0 aliphatic heterocycles. The molecule has 0 radical (unpaired) electrons. The van der Waals surface area contributed by atoms with E-state index in [9.17, 15) is 4.79 Å². The summed E-state index contributed by atoms with van der Waals surface area (Å²) in [7, 11) is 0. The van der Waals surface area contributed by atoms with Gasteiger partial charge in [-0.05, 0) is 67.9 Å². The van der Waals surface area contributed by atoms with Gasteiger partial charge in [0.25, 0.3) is 5.91 Å². The molecule has 0 saturated carbocycles. The van der Waals surface area contributed by atoms with Crippen LogP contribution in [-0.2, 0) is 0 Å². The highest BCUT2D eigenvalue weighted by molar-refractivity contribution is 6.04. The number of ether oxygens (including phenoxy) is 1. The van der Waals surface area contributed by atoms with Crippen molar-refractivity contribution >= 4 is 11.6 Å². The molecule has 1 heterocycles. The lowest BCUT2D eigenvalue weighted by Gasteiger charge is -2.07. The predicted molar refractivity (Wildman–Crippen MR) is 115 cm³/mol. The van der Waals surface area contributed by atoms with Crippen LogP contribution in [-0.4, -0.2) is 22.7 Å². The summed E-state index contributed by atoms with van der Waals surface area (Å²) >= 11 is 0. The van der Waals surface area contributed by atoms with Crippen LogP contribution in [0.2, 0.25) is 0 Å². The van der Waals surface area contributed by atoms with E-state index in [0.29, 0.717) is 29.6 Å². The summed E-state index contributed by atoms with van der Waals surface area (Å²) in [5.74, 6) is 1.38. The molecule has 0 atom stereocenters. The monoisotopic (exact) mass is 399 g/mol. The van der Waals surface area contributed by atoms with Gasteiger partial charge in [-0.2, -0.15) is 0 Å². The lowest BCUT2D eigenvalue weighted by molar-refractivity contribution is 0.102. The van der Waals surface area contributed by atoms with Crippen LogP contribution in [0.25, 0.3) is 22.9 Å². The second-order valence-electron chi connectivity index (χ2n) is 6.72. The Morgan fingerprint density at radius 1 is 0.967 bits per heavy atom. The molecule has 1 aromatic heterocycles. The van der Waals surface area contributed by atoms with Crippen LogP contribution in [0.5, 0.6) is 5.75 Å². The van der Waals surface area contributed by atoms with E-state index in [1.807, 2.05) is 62.4 Å². The molecule has 0 aliphatic rings. The van der Waals surface area contributed by atoms with E-state index >= 15 is 0 Å². The number of nitrogens with one attached hydrogen (secondary N) is 1. The normalized spacial score (nSPS) is 10.6. The fourth-order valence-corrected chi connectivity index (χ4v) is 3.06. The Kier molecular flexibility index (Phi) is 5.57. The third-order valence-corrected chi connectivity index (χ3v) is 4.60. The molecule has 0 fully saturated rings. The zero-order chi connectivity index (χ0) is 20.9. The van der Waals surface area contributed by atoms with E-state index in [1.54, 1.807) is 24.3 Å². The average Bonchev–Trinajstić information content (AvgIpc) is 3.25. The molecule has 0 saturated heterocycles. The Hall–Kier alpha value is -3.93. The molecule has 150 valence electrons. The number of hydrogen-bond donors (Lipinski definition) is 1. The van der Waals surface area contributed by atoms with Crippen LogP contribution in [0.15, 0.2) is 77.2 Å². The van der Waals surface area contributed by atoms with E-state index < -0.39 is 0 Å². The summed E-state index contributed by atoms with van der Waals surface area (Å²) in [4.78, 5) is 12.6. The van der Waals surface area contributed by atoms with Gasteiger partial charge in [-0.25, -0.2) is 0 Å². The van der Waals surface area contributed by atoms with Crippen LogP contribution < -0.4 is 10.1 Å². The van der Waals surface area contributed by atoms with E-state index in [-0.39, 0.29) is 5.91 Å². The molecular formula is C24H21N3O3. The largest absolute Gasteiger partial charge is 0.494 e. The number of amides is 1.